The van der Waals surface area contributed by atoms with Crippen LogP contribution in [0.1, 0.15) is 18.1 Å². The lowest BCUT2D eigenvalue weighted by Crippen LogP contribution is -2.34. The van der Waals surface area contributed by atoms with Crippen LogP contribution in [0.4, 0.5) is 0 Å². The predicted octanol–water partition coefficient (Wildman–Crippen LogP) is 3.58. The van der Waals surface area contributed by atoms with Crippen molar-refractivity contribution in [1.29, 1.82) is 0 Å². The van der Waals surface area contributed by atoms with Crippen LogP contribution in [0.25, 0.3) is 0 Å². The van der Waals surface area contributed by atoms with E-state index in [1.165, 1.54) is 0 Å². The van der Waals surface area contributed by atoms with Gasteiger partial charge in [0.05, 0.1) is 19.8 Å². The highest BCUT2D eigenvalue weighted by molar-refractivity contribution is 6.30. The van der Waals surface area contributed by atoms with Crippen LogP contribution in [0.5, 0.6) is 11.5 Å². The Kier molecular flexibility index (Phi) is 4.21. The average Bonchev–Trinajstić information content (AvgIpc) is 2.46. The van der Waals surface area contributed by atoms with E-state index in [1.54, 1.807) is 14.2 Å². The summed E-state index contributed by atoms with van der Waals surface area (Å²) in [5.41, 5.74) is 7.70. The lowest BCUT2D eigenvalue weighted by Gasteiger charge is -2.27. The third kappa shape index (κ3) is 2.74. The molecule has 0 amide bonds. The molecule has 1 atom stereocenters. The van der Waals surface area contributed by atoms with Gasteiger partial charge in [-0.2, -0.15) is 0 Å². The Morgan fingerprint density at radius 3 is 2.20 bits per heavy atom. The van der Waals surface area contributed by atoms with Crippen molar-refractivity contribution in [2.75, 3.05) is 14.2 Å². The van der Waals surface area contributed by atoms with E-state index in [0.29, 0.717) is 16.5 Å². The van der Waals surface area contributed by atoms with Crippen LogP contribution in [0.3, 0.4) is 0 Å². The van der Waals surface area contributed by atoms with Crippen LogP contribution in [-0.4, -0.2) is 14.2 Å². The Bertz CT molecular complexity index is 611. The maximum absolute atomic E-state index is 6.49. The minimum atomic E-state index is -0.662. The van der Waals surface area contributed by atoms with Crippen LogP contribution in [0.2, 0.25) is 5.02 Å². The minimum absolute atomic E-state index is 0.656. The number of hydrogen-bond acceptors (Lipinski definition) is 3. The zero-order valence-corrected chi connectivity index (χ0v) is 12.6. The van der Waals surface area contributed by atoms with Gasteiger partial charge in [-0.25, -0.2) is 0 Å². The number of methoxy groups -OCH3 is 2. The van der Waals surface area contributed by atoms with Gasteiger partial charge in [0.25, 0.3) is 0 Å². The molecule has 0 bridgehead atoms. The zero-order chi connectivity index (χ0) is 14.8. The molecule has 2 rings (SSSR count). The van der Waals surface area contributed by atoms with Crippen LogP contribution in [-0.2, 0) is 5.54 Å². The van der Waals surface area contributed by atoms with Gasteiger partial charge in [-0.3, -0.25) is 0 Å². The van der Waals surface area contributed by atoms with E-state index in [1.807, 2.05) is 49.4 Å². The van der Waals surface area contributed by atoms with Crippen molar-refractivity contribution in [3.05, 3.63) is 58.6 Å². The van der Waals surface area contributed by atoms with Gasteiger partial charge >= 0.3 is 0 Å². The third-order valence-electron chi connectivity index (χ3n) is 3.41. The van der Waals surface area contributed by atoms with E-state index >= 15 is 0 Å². The van der Waals surface area contributed by atoms with Gasteiger partial charge in [-0.05, 0) is 42.3 Å². The molecule has 1 unspecified atom stereocenters. The number of nitrogens with two attached hydrogens (primary N) is 1. The summed E-state index contributed by atoms with van der Waals surface area (Å²) in [6.45, 7) is 1.94. The largest absolute Gasteiger partial charge is 0.493 e. The first-order valence-electron chi connectivity index (χ1n) is 6.26. The molecule has 0 heterocycles. The van der Waals surface area contributed by atoms with E-state index in [2.05, 4.69) is 0 Å². The van der Waals surface area contributed by atoms with Crippen LogP contribution >= 0.6 is 11.6 Å². The van der Waals surface area contributed by atoms with E-state index in [0.717, 1.165) is 11.1 Å². The fraction of sp³-hybridized carbons (Fsp3) is 0.250. The molecule has 0 spiro atoms. The van der Waals surface area contributed by atoms with Gasteiger partial charge < -0.3 is 15.2 Å². The molecule has 2 N–H and O–H groups in total. The molecule has 0 saturated carbocycles. The smallest absolute Gasteiger partial charge is 0.161 e. The molecule has 4 heteroatoms. The Morgan fingerprint density at radius 1 is 0.950 bits per heavy atom. The Balaban J connectivity index is 2.48. The molecule has 2 aromatic rings. The molecular weight excluding hydrogens is 274 g/mol. The van der Waals surface area contributed by atoms with Gasteiger partial charge in [0, 0.05) is 5.02 Å². The summed E-state index contributed by atoms with van der Waals surface area (Å²) in [4.78, 5) is 0. The van der Waals surface area contributed by atoms with Crippen molar-refractivity contribution >= 4 is 11.6 Å². The summed E-state index contributed by atoms with van der Waals surface area (Å²) in [6, 6.07) is 13.2. The van der Waals surface area contributed by atoms with Crippen LogP contribution in [0.15, 0.2) is 42.5 Å². The predicted molar refractivity (Wildman–Crippen MR) is 81.6 cm³/mol. The Labute approximate surface area is 124 Å². The molecule has 0 saturated heterocycles. The van der Waals surface area contributed by atoms with Crippen molar-refractivity contribution < 1.29 is 9.47 Å². The van der Waals surface area contributed by atoms with Gasteiger partial charge in [0.2, 0.25) is 0 Å². The minimum Gasteiger partial charge on any atom is -0.493 e. The molecule has 0 aromatic heterocycles. The summed E-state index contributed by atoms with van der Waals surface area (Å²) in [6.07, 6.45) is 0. The van der Waals surface area contributed by atoms with Crippen LogP contribution < -0.4 is 15.2 Å². The first-order chi connectivity index (χ1) is 9.48. The van der Waals surface area contributed by atoms with E-state index in [9.17, 15) is 0 Å². The highest BCUT2D eigenvalue weighted by Crippen LogP contribution is 2.34. The van der Waals surface area contributed by atoms with Crippen molar-refractivity contribution in [1.82, 2.24) is 0 Å². The second-order valence-electron chi connectivity index (χ2n) is 4.78. The molecule has 3 nitrogen and oxygen atoms in total. The molecule has 0 fully saturated rings. The molecule has 20 heavy (non-hydrogen) atoms. The number of halogens is 1. The molecule has 2 aromatic carbocycles. The summed E-state index contributed by atoms with van der Waals surface area (Å²) >= 11 is 6.04. The monoisotopic (exact) mass is 291 g/mol. The highest BCUT2D eigenvalue weighted by Gasteiger charge is 2.25. The van der Waals surface area contributed by atoms with Crippen molar-refractivity contribution in [2.45, 2.75) is 12.5 Å². The SMILES string of the molecule is COc1ccc(C(C)(N)c2cccc(Cl)c2)cc1OC. The highest BCUT2D eigenvalue weighted by atomic mass is 35.5. The van der Waals surface area contributed by atoms with Gasteiger partial charge in [0.1, 0.15) is 0 Å². The standard InChI is InChI=1S/C16H18ClNO2/c1-16(18,11-5-4-6-13(17)9-11)12-7-8-14(19-2)15(10-12)20-3/h4-10H,18H2,1-3H3. The molecule has 0 aliphatic heterocycles. The summed E-state index contributed by atoms with van der Waals surface area (Å²) in [7, 11) is 3.21. The van der Waals surface area contributed by atoms with E-state index in [-0.39, 0.29) is 0 Å². The third-order valence-corrected chi connectivity index (χ3v) is 3.64. The number of ether oxygens (including phenoxy) is 2. The lowest BCUT2D eigenvalue weighted by atomic mass is 9.85. The topological polar surface area (TPSA) is 44.5 Å². The number of benzene rings is 2. The number of rotatable bonds is 4. The number of hydrogen-bond donors (Lipinski definition) is 1. The summed E-state index contributed by atoms with van der Waals surface area (Å²) in [5.74, 6) is 1.34. The van der Waals surface area contributed by atoms with Gasteiger partial charge in [-0.1, -0.05) is 29.8 Å². The van der Waals surface area contributed by atoms with Crippen LogP contribution in [0, 0.1) is 0 Å². The maximum Gasteiger partial charge on any atom is 0.161 e. The normalized spacial score (nSPS) is 13.7. The molecule has 0 radical (unpaired) electrons. The van der Waals surface area contributed by atoms with Crippen molar-refractivity contribution in [2.24, 2.45) is 5.73 Å². The molecule has 106 valence electrons. The maximum atomic E-state index is 6.49. The summed E-state index contributed by atoms with van der Waals surface area (Å²) < 4.78 is 10.6. The molecule has 0 aliphatic carbocycles. The van der Waals surface area contributed by atoms with Gasteiger partial charge in [0.15, 0.2) is 11.5 Å². The van der Waals surface area contributed by atoms with Gasteiger partial charge in [-0.15, -0.1) is 0 Å². The fourth-order valence-electron chi connectivity index (χ4n) is 2.14. The fourth-order valence-corrected chi connectivity index (χ4v) is 2.33. The zero-order valence-electron chi connectivity index (χ0n) is 11.8. The quantitative estimate of drug-likeness (QED) is 0.936. The van der Waals surface area contributed by atoms with Crippen molar-refractivity contribution in [3.63, 3.8) is 0 Å². The Hall–Kier alpha value is -1.71. The molecular formula is C16H18ClNO2. The second kappa shape index (κ2) is 5.73. The first-order valence-corrected chi connectivity index (χ1v) is 6.64. The first kappa shape index (κ1) is 14.7. The molecule has 0 aliphatic rings. The van der Waals surface area contributed by atoms with E-state index < -0.39 is 5.54 Å². The Morgan fingerprint density at radius 2 is 1.60 bits per heavy atom. The van der Waals surface area contributed by atoms with Crippen molar-refractivity contribution in [3.8, 4) is 11.5 Å². The average molecular weight is 292 g/mol. The van der Waals surface area contributed by atoms with E-state index in [4.69, 9.17) is 26.8 Å². The lowest BCUT2D eigenvalue weighted by molar-refractivity contribution is 0.353. The second-order valence-corrected chi connectivity index (χ2v) is 5.22. The summed E-state index contributed by atoms with van der Waals surface area (Å²) in [5, 5.41) is 0.666.